The van der Waals surface area contributed by atoms with Crippen molar-refractivity contribution in [3.63, 3.8) is 0 Å². The van der Waals surface area contributed by atoms with Crippen molar-refractivity contribution < 1.29 is 9.21 Å². The summed E-state index contributed by atoms with van der Waals surface area (Å²) >= 11 is 0. The predicted molar refractivity (Wildman–Crippen MR) is 74.8 cm³/mol. The Hall–Kier alpha value is -1.29. The third kappa shape index (κ3) is 4.39. The maximum Gasteiger partial charge on any atom is 0.233 e. The summed E-state index contributed by atoms with van der Waals surface area (Å²) in [6.07, 6.45) is 1.23. The smallest absolute Gasteiger partial charge is 0.233 e. The van der Waals surface area contributed by atoms with Crippen molar-refractivity contribution in [3.8, 4) is 0 Å². The van der Waals surface area contributed by atoms with Crippen LogP contribution in [0.5, 0.6) is 0 Å². The van der Waals surface area contributed by atoms with Crippen molar-refractivity contribution >= 4 is 5.91 Å². The Morgan fingerprint density at radius 1 is 1.47 bits per heavy atom. The minimum absolute atomic E-state index is 0.0382. The van der Waals surface area contributed by atoms with Crippen LogP contribution in [0.3, 0.4) is 0 Å². The molecule has 19 heavy (non-hydrogen) atoms. The molecule has 0 bridgehead atoms. The molecule has 2 rings (SSSR count). The first-order valence-electron chi connectivity index (χ1n) is 7.12. The second-order valence-electron chi connectivity index (χ2n) is 5.93. The summed E-state index contributed by atoms with van der Waals surface area (Å²) in [6.45, 7) is 8.07. The van der Waals surface area contributed by atoms with Gasteiger partial charge in [-0.25, -0.2) is 0 Å². The Labute approximate surface area is 114 Å². The molecule has 1 saturated carbocycles. The lowest BCUT2D eigenvalue weighted by molar-refractivity contribution is -0.120. The lowest BCUT2D eigenvalue weighted by Crippen LogP contribution is -2.35. The van der Waals surface area contributed by atoms with E-state index in [2.05, 4.69) is 37.5 Å². The Morgan fingerprint density at radius 3 is 2.84 bits per heavy atom. The Kier molecular flexibility index (Phi) is 4.64. The lowest BCUT2D eigenvalue weighted by atomic mass is 10.2. The summed E-state index contributed by atoms with van der Waals surface area (Å²) in [4.78, 5) is 11.5. The fourth-order valence-corrected chi connectivity index (χ4v) is 2.09. The van der Waals surface area contributed by atoms with E-state index in [0.717, 1.165) is 24.0 Å². The van der Waals surface area contributed by atoms with Gasteiger partial charge in [-0.3, -0.25) is 4.79 Å². The average molecular weight is 264 g/mol. The van der Waals surface area contributed by atoms with Crippen LogP contribution in [0.15, 0.2) is 16.5 Å². The normalized spacial score (nSPS) is 21.7. The molecule has 2 atom stereocenters. The van der Waals surface area contributed by atoms with Gasteiger partial charge < -0.3 is 15.1 Å². The summed E-state index contributed by atoms with van der Waals surface area (Å²) in [6, 6.07) is 4.06. The number of nitrogens with one attached hydrogen (secondary N) is 2. The van der Waals surface area contributed by atoms with Crippen molar-refractivity contribution in [1.29, 1.82) is 0 Å². The van der Waals surface area contributed by atoms with Crippen LogP contribution >= 0.6 is 0 Å². The Morgan fingerprint density at radius 2 is 2.21 bits per heavy atom. The molecule has 4 heteroatoms. The molecule has 1 heterocycles. The van der Waals surface area contributed by atoms with Gasteiger partial charge in [0, 0.05) is 12.5 Å². The van der Waals surface area contributed by atoms with Gasteiger partial charge in [-0.2, -0.15) is 0 Å². The standard InChI is InChI=1S/C15H24N2O2/c1-10(2)7-17-15(18)9-16-8-12-4-5-14(19-12)13-6-11(13)3/h4-5,10-11,13,16H,6-9H2,1-3H3,(H,17,18). The Balaban J connectivity index is 1.65. The fraction of sp³-hybridized carbons (Fsp3) is 0.667. The zero-order valence-electron chi connectivity index (χ0n) is 12.0. The van der Waals surface area contributed by atoms with Gasteiger partial charge in [0.15, 0.2) is 0 Å². The van der Waals surface area contributed by atoms with E-state index < -0.39 is 0 Å². The van der Waals surface area contributed by atoms with E-state index in [0.29, 0.717) is 24.9 Å². The van der Waals surface area contributed by atoms with E-state index in [4.69, 9.17) is 4.42 Å². The number of rotatable bonds is 7. The molecule has 106 valence electrons. The highest BCUT2D eigenvalue weighted by Crippen LogP contribution is 2.47. The SMILES string of the molecule is CC(C)CNC(=O)CNCc1ccc(C2CC2C)o1. The first-order chi connectivity index (χ1) is 9.06. The van der Waals surface area contributed by atoms with Crippen molar-refractivity contribution in [2.24, 2.45) is 11.8 Å². The number of carbonyl (C=O) groups is 1. The molecule has 0 saturated heterocycles. The van der Waals surface area contributed by atoms with E-state index in [1.807, 2.05) is 6.07 Å². The predicted octanol–water partition coefficient (Wildman–Crippen LogP) is 2.26. The maximum absolute atomic E-state index is 11.5. The molecule has 1 amide bonds. The van der Waals surface area contributed by atoms with Crippen LogP contribution in [0.25, 0.3) is 0 Å². The second-order valence-corrected chi connectivity index (χ2v) is 5.93. The van der Waals surface area contributed by atoms with Crippen LogP contribution in [-0.2, 0) is 11.3 Å². The zero-order chi connectivity index (χ0) is 13.8. The molecule has 0 spiro atoms. The lowest BCUT2D eigenvalue weighted by Gasteiger charge is -2.07. The zero-order valence-corrected chi connectivity index (χ0v) is 12.0. The number of amides is 1. The number of furan rings is 1. The van der Waals surface area contributed by atoms with Crippen molar-refractivity contribution in [2.75, 3.05) is 13.1 Å². The molecular weight excluding hydrogens is 240 g/mol. The van der Waals surface area contributed by atoms with E-state index in [-0.39, 0.29) is 5.91 Å². The van der Waals surface area contributed by atoms with Crippen LogP contribution < -0.4 is 10.6 Å². The summed E-state index contributed by atoms with van der Waals surface area (Å²) < 4.78 is 5.76. The molecule has 2 unspecified atom stereocenters. The maximum atomic E-state index is 11.5. The topological polar surface area (TPSA) is 54.3 Å². The molecule has 1 aliphatic rings. The number of hydrogen-bond donors (Lipinski definition) is 2. The van der Waals surface area contributed by atoms with Gasteiger partial charge in [0.1, 0.15) is 11.5 Å². The summed E-state index contributed by atoms with van der Waals surface area (Å²) in [7, 11) is 0. The highest BCUT2D eigenvalue weighted by atomic mass is 16.3. The summed E-state index contributed by atoms with van der Waals surface area (Å²) in [5, 5.41) is 5.98. The molecule has 0 aliphatic heterocycles. The van der Waals surface area contributed by atoms with Crippen molar-refractivity contribution in [1.82, 2.24) is 10.6 Å². The monoisotopic (exact) mass is 264 g/mol. The number of carbonyl (C=O) groups excluding carboxylic acids is 1. The average Bonchev–Trinajstić information content (AvgIpc) is 2.89. The van der Waals surface area contributed by atoms with Crippen LogP contribution in [0.2, 0.25) is 0 Å². The second kappa shape index (κ2) is 6.24. The molecule has 1 aromatic rings. The van der Waals surface area contributed by atoms with E-state index >= 15 is 0 Å². The summed E-state index contributed by atoms with van der Waals surface area (Å²) in [5.41, 5.74) is 0. The first kappa shape index (κ1) is 14.1. The van der Waals surface area contributed by atoms with Crippen molar-refractivity contribution in [3.05, 3.63) is 23.7 Å². The van der Waals surface area contributed by atoms with E-state index in [9.17, 15) is 4.79 Å². The highest BCUT2D eigenvalue weighted by Gasteiger charge is 2.36. The van der Waals surface area contributed by atoms with E-state index in [1.165, 1.54) is 6.42 Å². The third-order valence-corrected chi connectivity index (χ3v) is 3.45. The third-order valence-electron chi connectivity index (χ3n) is 3.45. The van der Waals surface area contributed by atoms with Gasteiger partial charge >= 0.3 is 0 Å². The van der Waals surface area contributed by atoms with Gasteiger partial charge in [0.25, 0.3) is 0 Å². The molecule has 1 aromatic heterocycles. The van der Waals surface area contributed by atoms with Crippen LogP contribution in [0.4, 0.5) is 0 Å². The van der Waals surface area contributed by atoms with Crippen LogP contribution in [0.1, 0.15) is 44.6 Å². The molecule has 1 fully saturated rings. The minimum atomic E-state index is 0.0382. The fourth-order valence-electron chi connectivity index (χ4n) is 2.09. The molecule has 2 N–H and O–H groups in total. The van der Waals surface area contributed by atoms with Gasteiger partial charge in [0.2, 0.25) is 5.91 Å². The molecule has 0 aromatic carbocycles. The minimum Gasteiger partial charge on any atom is -0.464 e. The van der Waals surface area contributed by atoms with E-state index in [1.54, 1.807) is 0 Å². The van der Waals surface area contributed by atoms with Gasteiger partial charge in [-0.1, -0.05) is 20.8 Å². The number of hydrogen-bond acceptors (Lipinski definition) is 3. The molecule has 1 aliphatic carbocycles. The first-order valence-corrected chi connectivity index (χ1v) is 7.12. The van der Waals surface area contributed by atoms with Crippen LogP contribution in [0, 0.1) is 11.8 Å². The molecular formula is C15H24N2O2. The van der Waals surface area contributed by atoms with Gasteiger partial charge in [-0.15, -0.1) is 0 Å². The quantitative estimate of drug-likeness (QED) is 0.794. The molecule has 0 radical (unpaired) electrons. The largest absolute Gasteiger partial charge is 0.464 e. The Bertz CT molecular complexity index is 426. The molecule has 4 nitrogen and oxygen atoms in total. The van der Waals surface area contributed by atoms with Gasteiger partial charge in [0.05, 0.1) is 13.1 Å². The summed E-state index contributed by atoms with van der Waals surface area (Å²) in [5.74, 6) is 3.89. The van der Waals surface area contributed by atoms with Crippen LogP contribution in [-0.4, -0.2) is 19.0 Å². The van der Waals surface area contributed by atoms with Gasteiger partial charge in [-0.05, 0) is 30.4 Å². The highest BCUT2D eigenvalue weighted by molar-refractivity contribution is 5.77. The van der Waals surface area contributed by atoms with Crippen molar-refractivity contribution in [2.45, 2.75) is 39.7 Å².